The molecular weight excluding hydrogens is 896 g/mol. The minimum atomic E-state index is -0.608. The van der Waals surface area contributed by atoms with Gasteiger partial charge in [0.1, 0.15) is 11.5 Å². The van der Waals surface area contributed by atoms with Crippen LogP contribution in [0.2, 0.25) is 0 Å². The summed E-state index contributed by atoms with van der Waals surface area (Å²) in [7, 11) is 3.09. The number of ketones is 1. The van der Waals surface area contributed by atoms with E-state index in [9.17, 15) is 29.1 Å². The first kappa shape index (κ1) is 43.1. The van der Waals surface area contributed by atoms with Gasteiger partial charge in [0.05, 0.1) is 47.9 Å². The summed E-state index contributed by atoms with van der Waals surface area (Å²) < 4.78 is 12.1. The highest BCUT2D eigenvalue weighted by atomic mass is 79.9. The Morgan fingerprint density at radius 3 is 1.63 bits per heavy atom. The number of amides is 4. The molecule has 14 heteroatoms. The SMILES string of the molecule is COc1cc(C(=O)N2CC(=O)C[C@@H]2c2cccc(C(=O)NCC3CC3)c2)ccc1Br.COc1cc(C(=O)N2CC(O)C[C@@H]2c2cccc(C(=O)NCC3CC3)c2)ccc1Br. The third-order valence-electron chi connectivity index (χ3n) is 11.3. The summed E-state index contributed by atoms with van der Waals surface area (Å²) in [4.78, 5) is 66.9. The number of likely N-dealkylation sites (tertiary alicyclic amines) is 2. The van der Waals surface area contributed by atoms with Gasteiger partial charge in [-0.2, -0.15) is 0 Å². The van der Waals surface area contributed by atoms with Crippen molar-refractivity contribution in [3.05, 3.63) is 127 Å². The summed E-state index contributed by atoms with van der Waals surface area (Å²) in [6.07, 6.45) is 4.77. The molecule has 2 heterocycles. The summed E-state index contributed by atoms with van der Waals surface area (Å²) in [5.41, 5.74) is 3.71. The zero-order valence-electron chi connectivity index (χ0n) is 33.5. The predicted octanol–water partition coefficient (Wildman–Crippen LogP) is 7.30. The molecule has 4 aromatic carbocycles. The quantitative estimate of drug-likeness (QED) is 0.134. The molecule has 8 rings (SSSR count). The largest absolute Gasteiger partial charge is 0.496 e. The average molecular weight is 945 g/mol. The highest BCUT2D eigenvalue weighted by molar-refractivity contribution is 9.10. The number of benzene rings is 4. The summed E-state index contributed by atoms with van der Waals surface area (Å²) in [5.74, 6) is 1.70. The number of hydrogen-bond acceptors (Lipinski definition) is 8. The molecule has 2 saturated heterocycles. The zero-order chi connectivity index (χ0) is 42.5. The number of nitrogens with zero attached hydrogens (tertiary/aromatic N) is 2. The third-order valence-corrected chi connectivity index (χ3v) is 12.6. The lowest BCUT2D eigenvalue weighted by atomic mass is 10.0. The highest BCUT2D eigenvalue weighted by Gasteiger charge is 2.37. The maximum Gasteiger partial charge on any atom is 0.254 e. The number of carbonyl (C=O) groups excluding carboxylic acids is 5. The number of carbonyl (C=O) groups is 5. The van der Waals surface area contributed by atoms with E-state index in [-0.39, 0.29) is 55.0 Å². The number of ether oxygens (including phenoxy) is 2. The molecule has 60 heavy (non-hydrogen) atoms. The van der Waals surface area contributed by atoms with Crippen molar-refractivity contribution in [3.63, 3.8) is 0 Å². The number of rotatable bonds is 12. The van der Waals surface area contributed by atoms with Crippen LogP contribution in [0.15, 0.2) is 93.9 Å². The van der Waals surface area contributed by atoms with Gasteiger partial charge < -0.3 is 35.0 Å². The second kappa shape index (κ2) is 19.1. The molecular formula is C46H48Br2N4O8. The summed E-state index contributed by atoms with van der Waals surface area (Å²) >= 11 is 6.79. The Balaban J connectivity index is 0.000000181. The molecule has 2 aliphatic carbocycles. The van der Waals surface area contributed by atoms with Gasteiger partial charge in [-0.05, 0) is 148 Å². The van der Waals surface area contributed by atoms with E-state index < -0.39 is 12.1 Å². The van der Waals surface area contributed by atoms with E-state index in [4.69, 9.17) is 9.47 Å². The Kier molecular flexibility index (Phi) is 13.7. The molecule has 0 radical (unpaired) electrons. The maximum absolute atomic E-state index is 13.2. The van der Waals surface area contributed by atoms with Crippen LogP contribution in [0.5, 0.6) is 11.5 Å². The molecule has 3 N–H and O–H groups in total. The van der Waals surface area contributed by atoms with Crippen molar-refractivity contribution >= 4 is 61.3 Å². The summed E-state index contributed by atoms with van der Waals surface area (Å²) in [6.45, 7) is 1.71. The molecule has 314 valence electrons. The van der Waals surface area contributed by atoms with Crippen LogP contribution < -0.4 is 20.1 Å². The summed E-state index contributed by atoms with van der Waals surface area (Å²) in [6, 6.07) is 24.2. The molecule has 2 aliphatic heterocycles. The molecule has 0 aromatic heterocycles. The molecule has 4 amide bonds. The monoisotopic (exact) mass is 942 g/mol. The fourth-order valence-corrected chi connectivity index (χ4v) is 8.39. The van der Waals surface area contributed by atoms with Gasteiger partial charge in [-0.1, -0.05) is 24.3 Å². The standard InChI is InChI=1S/C23H25BrN2O4.C23H23BrN2O4/c2*1-30-21-10-17(7-8-19(21)24)23(29)26-13-18(27)11-20(26)15-3-2-4-16(9-15)22(28)25-12-14-5-6-14/h2-4,7-10,14,18,20,27H,5-6,11-13H2,1H3,(H,25,28);2-4,7-10,14,20H,5-6,11-13H2,1H3,(H,25,28)/t18?,20-;20-/m11/s1. The number of aliphatic hydroxyl groups is 1. The second-order valence-electron chi connectivity index (χ2n) is 15.8. The zero-order valence-corrected chi connectivity index (χ0v) is 36.7. The number of halogens is 2. The van der Waals surface area contributed by atoms with Gasteiger partial charge in [0.25, 0.3) is 23.6 Å². The van der Waals surface area contributed by atoms with E-state index >= 15 is 0 Å². The van der Waals surface area contributed by atoms with Crippen LogP contribution in [0.3, 0.4) is 0 Å². The van der Waals surface area contributed by atoms with Crippen molar-refractivity contribution in [1.82, 2.24) is 20.4 Å². The number of methoxy groups -OCH3 is 2. The van der Waals surface area contributed by atoms with Crippen LogP contribution in [0.1, 0.15) is 103 Å². The Morgan fingerprint density at radius 1 is 0.667 bits per heavy atom. The number of hydrogen-bond donors (Lipinski definition) is 3. The van der Waals surface area contributed by atoms with Crippen molar-refractivity contribution < 1.29 is 38.6 Å². The fourth-order valence-electron chi connectivity index (χ4n) is 7.57. The number of Topliss-reactive ketones (excluding diaryl/α,β-unsaturated/α-hetero) is 1. The van der Waals surface area contributed by atoms with Gasteiger partial charge in [0.15, 0.2) is 5.78 Å². The summed E-state index contributed by atoms with van der Waals surface area (Å²) in [5, 5.41) is 16.2. The Bertz CT molecular complexity index is 2280. The van der Waals surface area contributed by atoms with E-state index in [1.165, 1.54) is 32.8 Å². The number of aliphatic hydroxyl groups excluding tert-OH is 1. The highest BCUT2D eigenvalue weighted by Crippen LogP contribution is 2.37. The molecule has 12 nitrogen and oxygen atoms in total. The first-order chi connectivity index (χ1) is 28.9. The molecule has 3 atom stereocenters. The lowest BCUT2D eigenvalue weighted by Crippen LogP contribution is -2.32. The Hall–Kier alpha value is -5.05. The molecule has 4 aliphatic rings. The van der Waals surface area contributed by atoms with E-state index in [0.717, 1.165) is 20.1 Å². The van der Waals surface area contributed by atoms with Gasteiger partial charge in [0, 0.05) is 48.3 Å². The second-order valence-corrected chi connectivity index (χ2v) is 17.5. The molecule has 2 saturated carbocycles. The van der Waals surface area contributed by atoms with Crippen molar-refractivity contribution in [2.75, 3.05) is 40.4 Å². The Morgan fingerprint density at radius 2 is 1.15 bits per heavy atom. The molecule has 0 spiro atoms. The van der Waals surface area contributed by atoms with Crippen LogP contribution in [-0.4, -0.2) is 90.8 Å². The topological polar surface area (TPSA) is 155 Å². The van der Waals surface area contributed by atoms with Gasteiger partial charge in [-0.15, -0.1) is 0 Å². The van der Waals surface area contributed by atoms with Gasteiger partial charge in [-0.25, -0.2) is 0 Å². The molecule has 4 aromatic rings. The molecule has 4 fully saturated rings. The van der Waals surface area contributed by atoms with Gasteiger partial charge in [0.2, 0.25) is 0 Å². The lowest BCUT2D eigenvalue weighted by molar-refractivity contribution is -0.116. The first-order valence-corrected chi connectivity index (χ1v) is 21.8. The van der Waals surface area contributed by atoms with Crippen molar-refractivity contribution in [3.8, 4) is 11.5 Å². The van der Waals surface area contributed by atoms with E-state index in [1.54, 1.807) is 77.6 Å². The lowest BCUT2D eigenvalue weighted by Gasteiger charge is -2.25. The van der Waals surface area contributed by atoms with Crippen LogP contribution in [0.4, 0.5) is 0 Å². The Labute approximate surface area is 366 Å². The normalized spacial score (nSPS) is 19.6. The van der Waals surface area contributed by atoms with Gasteiger partial charge >= 0.3 is 0 Å². The van der Waals surface area contributed by atoms with E-state index in [2.05, 4.69) is 42.5 Å². The van der Waals surface area contributed by atoms with Gasteiger partial charge in [-0.3, -0.25) is 24.0 Å². The van der Waals surface area contributed by atoms with Crippen molar-refractivity contribution in [2.24, 2.45) is 11.8 Å². The third kappa shape index (κ3) is 10.4. The van der Waals surface area contributed by atoms with Crippen LogP contribution in [0.25, 0.3) is 0 Å². The molecule has 1 unspecified atom stereocenters. The fraction of sp³-hybridized carbons (Fsp3) is 0.370. The number of β-amino-alcohol motifs (C(OH)–C–C–N with tert-alkyl or cyclic N) is 1. The van der Waals surface area contributed by atoms with Crippen molar-refractivity contribution in [1.29, 1.82) is 0 Å². The van der Waals surface area contributed by atoms with Crippen LogP contribution in [-0.2, 0) is 4.79 Å². The minimum Gasteiger partial charge on any atom is -0.496 e. The average Bonchev–Trinajstić information content (AvgIpc) is 4.20. The smallest absolute Gasteiger partial charge is 0.254 e. The van der Waals surface area contributed by atoms with E-state index in [1.807, 2.05) is 24.3 Å². The van der Waals surface area contributed by atoms with E-state index in [0.29, 0.717) is 65.1 Å². The van der Waals surface area contributed by atoms with Crippen molar-refractivity contribution in [2.45, 2.75) is 56.7 Å². The minimum absolute atomic E-state index is 0.000940. The van der Waals surface area contributed by atoms with Crippen LogP contribution in [0, 0.1) is 11.8 Å². The molecule has 0 bridgehead atoms. The predicted molar refractivity (Wildman–Crippen MR) is 232 cm³/mol. The first-order valence-electron chi connectivity index (χ1n) is 20.2. The van der Waals surface area contributed by atoms with Crippen LogP contribution >= 0.6 is 31.9 Å². The number of nitrogens with one attached hydrogen (secondary N) is 2. The maximum atomic E-state index is 13.2.